The topological polar surface area (TPSA) is 39.7 Å². The molecule has 0 aliphatic carbocycles. The fourth-order valence-corrected chi connectivity index (χ4v) is 2.86. The molecule has 0 saturated heterocycles. The second-order valence-corrected chi connectivity index (χ2v) is 5.72. The highest BCUT2D eigenvalue weighted by atomic mass is 35.5. The van der Waals surface area contributed by atoms with Crippen molar-refractivity contribution in [3.63, 3.8) is 0 Å². The van der Waals surface area contributed by atoms with E-state index in [4.69, 9.17) is 11.6 Å². The Kier molecular flexibility index (Phi) is 4.75. The summed E-state index contributed by atoms with van der Waals surface area (Å²) in [6, 6.07) is 12.2. The van der Waals surface area contributed by atoms with Crippen LogP contribution in [0.5, 0.6) is 0 Å². The zero-order chi connectivity index (χ0) is 13.8. The van der Waals surface area contributed by atoms with E-state index in [9.17, 15) is 0 Å². The number of aryl methyl sites for hydroxylation is 2. The lowest BCUT2D eigenvalue weighted by Crippen LogP contribution is -2.39. The summed E-state index contributed by atoms with van der Waals surface area (Å²) >= 11 is 7.70. The van der Waals surface area contributed by atoms with Gasteiger partial charge in [-0.3, -0.25) is 0 Å². The first-order valence-electron chi connectivity index (χ1n) is 6.24. The Balaban J connectivity index is 2.08. The largest absolute Gasteiger partial charge is 0.326 e. The average Bonchev–Trinajstić information content (AvgIpc) is 2.38. The first-order valence-corrected chi connectivity index (χ1v) is 7.43. The summed E-state index contributed by atoms with van der Waals surface area (Å²) in [5.41, 5.74) is 8.57. The van der Waals surface area contributed by atoms with Gasteiger partial charge in [-0.1, -0.05) is 24.6 Å². The van der Waals surface area contributed by atoms with Crippen LogP contribution in [0, 0.1) is 6.92 Å². The zero-order valence-electron chi connectivity index (χ0n) is 11.2. The molecule has 19 heavy (non-hydrogen) atoms. The fraction of sp³-hybridized carbons (Fsp3) is 0.200. The Hall–Kier alpha value is -1.16. The zero-order valence-corrected chi connectivity index (χ0v) is 12.7. The lowest BCUT2D eigenvalue weighted by atomic mass is 10.1. The van der Waals surface area contributed by atoms with Crippen LogP contribution in [0.2, 0.25) is 5.02 Å². The van der Waals surface area contributed by atoms with E-state index in [2.05, 4.69) is 42.5 Å². The lowest BCUT2D eigenvalue weighted by Gasteiger charge is -2.09. The SMILES string of the molecule is CCc1ccc(NSc2ccc([NH3+])cc2Cl)cc1C. The number of nitrogens with one attached hydrogen (secondary N) is 1. The molecule has 0 aliphatic rings. The van der Waals surface area contributed by atoms with E-state index in [-0.39, 0.29) is 0 Å². The highest BCUT2D eigenvalue weighted by Gasteiger charge is 2.04. The molecule has 0 aromatic heterocycles. The first-order chi connectivity index (χ1) is 9.10. The van der Waals surface area contributed by atoms with Crippen molar-refractivity contribution in [2.75, 3.05) is 4.72 Å². The second-order valence-electron chi connectivity index (χ2n) is 4.46. The van der Waals surface area contributed by atoms with Crippen molar-refractivity contribution in [1.82, 2.24) is 0 Å². The van der Waals surface area contributed by atoms with Gasteiger partial charge in [0.05, 0.1) is 5.02 Å². The van der Waals surface area contributed by atoms with Crippen LogP contribution in [-0.4, -0.2) is 0 Å². The van der Waals surface area contributed by atoms with E-state index in [0.717, 1.165) is 27.7 Å². The van der Waals surface area contributed by atoms with E-state index < -0.39 is 0 Å². The monoisotopic (exact) mass is 293 g/mol. The molecule has 2 nitrogen and oxygen atoms in total. The number of benzene rings is 2. The van der Waals surface area contributed by atoms with Crippen molar-refractivity contribution in [3.05, 3.63) is 52.5 Å². The van der Waals surface area contributed by atoms with Crippen LogP contribution in [0.1, 0.15) is 18.1 Å². The van der Waals surface area contributed by atoms with Crippen molar-refractivity contribution in [2.24, 2.45) is 0 Å². The van der Waals surface area contributed by atoms with Gasteiger partial charge >= 0.3 is 0 Å². The predicted octanol–water partition coefficient (Wildman–Crippen LogP) is 4.20. The van der Waals surface area contributed by atoms with Crippen LogP contribution in [0.15, 0.2) is 41.3 Å². The summed E-state index contributed by atoms with van der Waals surface area (Å²) in [7, 11) is 0. The molecule has 0 amide bonds. The van der Waals surface area contributed by atoms with Crippen molar-refractivity contribution in [3.8, 4) is 0 Å². The predicted molar refractivity (Wildman–Crippen MR) is 84.0 cm³/mol. The average molecular weight is 294 g/mol. The number of hydrogen-bond donors (Lipinski definition) is 2. The molecule has 0 bridgehead atoms. The minimum absolute atomic E-state index is 0.729. The van der Waals surface area contributed by atoms with Gasteiger partial charge in [-0.15, -0.1) is 0 Å². The van der Waals surface area contributed by atoms with E-state index in [1.165, 1.54) is 23.1 Å². The van der Waals surface area contributed by atoms with Crippen molar-refractivity contribution >= 4 is 34.9 Å². The Morgan fingerprint density at radius 2 is 2.00 bits per heavy atom. The molecule has 4 N–H and O–H groups in total. The van der Waals surface area contributed by atoms with E-state index in [1.807, 2.05) is 18.2 Å². The summed E-state index contributed by atoms with van der Waals surface area (Å²) in [4.78, 5) is 1.01. The normalized spacial score (nSPS) is 10.5. The third-order valence-corrected chi connectivity index (χ3v) is 4.34. The van der Waals surface area contributed by atoms with Crippen LogP contribution in [0.3, 0.4) is 0 Å². The molecule has 0 unspecified atom stereocenters. The van der Waals surface area contributed by atoms with Gasteiger partial charge < -0.3 is 10.5 Å². The molecular formula is C15H18ClN2S+. The Morgan fingerprint density at radius 3 is 2.63 bits per heavy atom. The standard InChI is InChI=1S/C15H17ClN2S/c1-3-11-4-6-13(8-10(11)2)18-19-15-7-5-12(17)9-14(15)16/h4-9,18H,3,17H2,1-2H3/p+1. The van der Waals surface area contributed by atoms with Crippen LogP contribution in [0.25, 0.3) is 0 Å². The maximum Gasteiger partial charge on any atom is 0.129 e. The Labute approximate surface area is 123 Å². The third-order valence-electron chi connectivity index (χ3n) is 3.00. The number of rotatable bonds is 4. The van der Waals surface area contributed by atoms with Crippen molar-refractivity contribution in [2.45, 2.75) is 25.2 Å². The van der Waals surface area contributed by atoms with Gasteiger partial charge in [0, 0.05) is 22.7 Å². The quantitative estimate of drug-likeness (QED) is 0.829. The molecule has 0 aliphatic heterocycles. The van der Waals surface area contributed by atoms with Gasteiger partial charge in [0.25, 0.3) is 0 Å². The Morgan fingerprint density at radius 1 is 1.21 bits per heavy atom. The summed E-state index contributed by atoms with van der Waals surface area (Å²) in [6.45, 7) is 4.31. The smallest absolute Gasteiger partial charge is 0.129 e. The maximum atomic E-state index is 6.17. The molecular weight excluding hydrogens is 276 g/mol. The lowest BCUT2D eigenvalue weighted by molar-refractivity contribution is -0.254. The molecule has 2 aromatic rings. The second kappa shape index (κ2) is 6.33. The van der Waals surface area contributed by atoms with E-state index in [1.54, 1.807) is 0 Å². The van der Waals surface area contributed by atoms with E-state index >= 15 is 0 Å². The van der Waals surface area contributed by atoms with Crippen molar-refractivity contribution < 1.29 is 5.73 Å². The van der Waals surface area contributed by atoms with Crippen LogP contribution in [0.4, 0.5) is 11.4 Å². The van der Waals surface area contributed by atoms with E-state index in [0.29, 0.717) is 0 Å². The molecule has 100 valence electrons. The molecule has 0 heterocycles. The van der Waals surface area contributed by atoms with Crippen LogP contribution < -0.4 is 10.5 Å². The van der Waals surface area contributed by atoms with Crippen LogP contribution in [-0.2, 0) is 6.42 Å². The minimum atomic E-state index is 0.729. The summed E-state index contributed by atoms with van der Waals surface area (Å²) < 4.78 is 3.33. The molecule has 2 aromatic carbocycles. The van der Waals surface area contributed by atoms with Gasteiger partial charge in [0.1, 0.15) is 5.69 Å². The third kappa shape index (κ3) is 3.66. The minimum Gasteiger partial charge on any atom is -0.326 e. The van der Waals surface area contributed by atoms with Gasteiger partial charge in [0.2, 0.25) is 0 Å². The molecule has 0 spiro atoms. The molecule has 0 radical (unpaired) electrons. The molecule has 0 fully saturated rings. The Bertz CT molecular complexity index is 584. The van der Waals surface area contributed by atoms with Crippen LogP contribution >= 0.6 is 23.5 Å². The molecule has 0 saturated carbocycles. The maximum absolute atomic E-state index is 6.17. The van der Waals surface area contributed by atoms with Crippen molar-refractivity contribution in [1.29, 1.82) is 0 Å². The van der Waals surface area contributed by atoms with Gasteiger partial charge in [-0.2, -0.15) is 0 Å². The number of anilines is 1. The highest BCUT2D eigenvalue weighted by Crippen LogP contribution is 2.29. The summed E-state index contributed by atoms with van der Waals surface area (Å²) in [6.07, 6.45) is 1.07. The fourth-order valence-electron chi connectivity index (χ4n) is 1.90. The number of hydrogen-bond acceptors (Lipinski definition) is 2. The number of quaternary nitrogens is 1. The highest BCUT2D eigenvalue weighted by molar-refractivity contribution is 8.00. The molecule has 4 heteroatoms. The number of halogens is 1. The summed E-state index contributed by atoms with van der Waals surface area (Å²) in [5, 5.41) is 0.729. The molecule has 0 atom stereocenters. The van der Waals surface area contributed by atoms with Gasteiger partial charge in [-0.05, 0) is 54.6 Å². The van der Waals surface area contributed by atoms with Gasteiger partial charge in [-0.25, -0.2) is 0 Å². The first kappa shape index (κ1) is 14.3. The van der Waals surface area contributed by atoms with Gasteiger partial charge in [0.15, 0.2) is 0 Å². The molecule has 2 rings (SSSR count). The summed E-state index contributed by atoms with van der Waals surface area (Å²) in [5.74, 6) is 0.